The molecule has 0 aliphatic carbocycles. The van der Waals surface area contributed by atoms with Crippen LogP contribution in [-0.4, -0.2) is 46.2 Å². The summed E-state index contributed by atoms with van der Waals surface area (Å²) in [4.78, 5) is 30.7. The molecule has 0 unspecified atom stereocenters. The Morgan fingerprint density at radius 2 is 1.50 bits per heavy atom. The van der Waals surface area contributed by atoms with Gasteiger partial charge in [-0.15, -0.1) is 0 Å². The van der Waals surface area contributed by atoms with Crippen molar-refractivity contribution < 1.29 is 19.1 Å². The number of aliphatic hydroxyl groups is 1. The lowest BCUT2D eigenvalue weighted by atomic mass is 9.94. The summed E-state index contributed by atoms with van der Waals surface area (Å²) in [5, 5.41) is 12.3. The van der Waals surface area contributed by atoms with Crippen molar-refractivity contribution in [1.82, 2.24) is 9.80 Å². The van der Waals surface area contributed by atoms with Crippen LogP contribution in [0, 0.1) is 5.82 Å². The van der Waals surface area contributed by atoms with E-state index in [4.69, 9.17) is 23.2 Å². The first-order valence-corrected chi connectivity index (χ1v) is 13.4. The molecule has 5 nitrogen and oxygen atoms in total. The van der Waals surface area contributed by atoms with Gasteiger partial charge in [0.1, 0.15) is 11.6 Å². The second-order valence-corrected chi connectivity index (χ2v) is 10.5. The number of nitrogens with zero attached hydrogens (tertiary/aromatic N) is 2. The Morgan fingerprint density at radius 3 is 2.13 bits per heavy atom. The van der Waals surface area contributed by atoms with Crippen molar-refractivity contribution in [3.63, 3.8) is 0 Å². The summed E-state index contributed by atoms with van der Waals surface area (Å²) in [6.07, 6.45) is 3.18. The maximum Gasteiger partial charge on any atom is 0.295 e. The second kappa shape index (κ2) is 11.3. The van der Waals surface area contributed by atoms with Crippen molar-refractivity contribution in [2.75, 3.05) is 19.6 Å². The Balaban J connectivity index is 1.62. The summed E-state index contributed by atoms with van der Waals surface area (Å²) in [6, 6.07) is 18.4. The number of ketones is 1. The second-order valence-electron chi connectivity index (χ2n) is 9.64. The number of piperidine rings is 1. The van der Waals surface area contributed by atoms with E-state index in [0.717, 1.165) is 37.9 Å². The minimum absolute atomic E-state index is 0.141. The highest BCUT2D eigenvalue weighted by Gasteiger charge is 2.48. The lowest BCUT2D eigenvalue weighted by molar-refractivity contribution is -0.140. The van der Waals surface area contributed by atoms with Gasteiger partial charge in [0.05, 0.1) is 17.7 Å². The molecule has 196 valence electrons. The predicted octanol–water partition coefficient (Wildman–Crippen LogP) is 6.78. The molecule has 0 spiro atoms. The molecule has 0 saturated carbocycles. The Labute approximate surface area is 231 Å². The van der Waals surface area contributed by atoms with Crippen LogP contribution in [0.5, 0.6) is 0 Å². The van der Waals surface area contributed by atoms with Crippen LogP contribution in [0.15, 0.2) is 78.4 Å². The monoisotopic (exact) mass is 552 g/mol. The maximum absolute atomic E-state index is 15.2. The van der Waals surface area contributed by atoms with Gasteiger partial charge in [-0.05, 0) is 74.0 Å². The quantitative estimate of drug-likeness (QED) is 0.208. The fourth-order valence-corrected chi connectivity index (χ4v) is 5.64. The minimum Gasteiger partial charge on any atom is -0.507 e. The van der Waals surface area contributed by atoms with Gasteiger partial charge in [-0.3, -0.25) is 14.5 Å². The molecule has 38 heavy (non-hydrogen) atoms. The SMILES string of the molecule is O=C1C(=O)N(C[C@H](c2ccc(Cl)cc2)N2CCCCC2)[C@@H](c2ccccc2F)C1=C(O)c1ccc(Cl)cc1. The summed E-state index contributed by atoms with van der Waals surface area (Å²) < 4.78 is 15.2. The van der Waals surface area contributed by atoms with E-state index in [-0.39, 0.29) is 29.5 Å². The molecular weight excluding hydrogens is 526 g/mol. The first kappa shape index (κ1) is 26.4. The van der Waals surface area contributed by atoms with Crippen molar-refractivity contribution in [2.45, 2.75) is 31.3 Å². The van der Waals surface area contributed by atoms with Crippen molar-refractivity contribution in [3.8, 4) is 0 Å². The van der Waals surface area contributed by atoms with Crippen molar-refractivity contribution in [2.24, 2.45) is 0 Å². The van der Waals surface area contributed by atoms with Gasteiger partial charge in [0.15, 0.2) is 0 Å². The van der Waals surface area contributed by atoms with Crippen LogP contribution in [0.1, 0.15) is 48.0 Å². The third-order valence-electron chi connectivity index (χ3n) is 7.31. The number of likely N-dealkylation sites (tertiary alicyclic amines) is 2. The van der Waals surface area contributed by atoms with Crippen molar-refractivity contribution in [3.05, 3.63) is 111 Å². The van der Waals surface area contributed by atoms with Gasteiger partial charge in [0, 0.05) is 27.7 Å². The Morgan fingerprint density at radius 1 is 0.895 bits per heavy atom. The lowest BCUT2D eigenvalue weighted by Crippen LogP contribution is -2.42. The molecule has 8 heteroatoms. The molecule has 0 bridgehead atoms. The summed E-state index contributed by atoms with van der Waals surface area (Å²) in [5.41, 5.74) is 1.27. The summed E-state index contributed by atoms with van der Waals surface area (Å²) >= 11 is 12.2. The van der Waals surface area contributed by atoms with E-state index in [1.807, 2.05) is 12.1 Å². The number of aliphatic hydroxyl groups excluding tert-OH is 1. The number of Topliss-reactive ketones (excluding diaryl/α,β-unsaturated/α-hetero) is 1. The number of hydrogen-bond acceptors (Lipinski definition) is 4. The molecule has 3 aromatic carbocycles. The molecule has 1 amide bonds. The normalized spacial score (nSPS) is 20.6. The van der Waals surface area contributed by atoms with Gasteiger partial charge in [0.25, 0.3) is 11.7 Å². The molecule has 2 heterocycles. The average Bonchev–Trinajstić information content (AvgIpc) is 3.18. The van der Waals surface area contributed by atoms with Crippen LogP contribution in [0.25, 0.3) is 5.76 Å². The van der Waals surface area contributed by atoms with Crippen LogP contribution in [0.2, 0.25) is 10.0 Å². The lowest BCUT2D eigenvalue weighted by Gasteiger charge is -2.38. The molecule has 2 atom stereocenters. The predicted molar refractivity (Wildman–Crippen MR) is 146 cm³/mol. The van der Waals surface area contributed by atoms with E-state index in [9.17, 15) is 14.7 Å². The molecular formula is C30H27Cl2FN2O3. The third-order valence-corrected chi connectivity index (χ3v) is 7.82. The van der Waals surface area contributed by atoms with Gasteiger partial charge < -0.3 is 10.0 Å². The summed E-state index contributed by atoms with van der Waals surface area (Å²) in [5.74, 6) is -2.55. The fourth-order valence-electron chi connectivity index (χ4n) is 5.38. The minimum atomic E-state index is -1.09. The Bertz CT molecular complexity index is 1370. The Kier molecular flexibility index (Phi) is 7.84. The highest BCUT2D eigenvalue weighted by Crippen LogP contribution is 2.42. The summed E-state index contributed by atoms with van der Waals surface area (Å²) in [6.45, 7) is 1.82. The number of carbonyl (C=O) groups is 2. The van der Waals surface area contributed by atoms with E-state index in [1.165, 1.54) is 11.0 Å². The third kappa shape index (κ3) is 5.21. The van der Waals surface area contributed by atoms with Gasteiger partial charge in [-0.25, -0.2) is 4.39 Å². The van der Waals surface area contributed by atoms with E-state index in [1.54, 1.807) is 54.6 Å². The van der Waals surface area contributed by atoms with E-state index in [2.05, 4.69) is 4.90 Å². The number of halogens is 3. The highest BCUT2D eigenvalue weighted by atomic mass is 35.5. The topological polar surface area (TPSA) is 60.9 Å². The van der Waals surface area contributed by atoms with Crippen LogP contribution >= 0.6 is 23.2 Å². The van der Waals surface area contributed by atoms with E-state index < -0.39 is 23.5 Å². The zero-order valence-corrected chi connectivity index (χ0v) is 22.1. The summed E-state index contributed by atoms with van der Waals surface area (Å²) in [7, 11) is 0. The van der Waals surface area contributed by atoms with Gasteiger partial charge in [-0.1, -0.05) is 60.0 Å². The average molecular weight is 553 g/mol. The molecule has 1 N–H and O–H groups in total. The maximum atomic E-state index is 15.2. The number of rotatable bonds is 6. The number of amides is 1. The largest absolute Gasteiger partial charge is 0.507 e. The molecule has 3 aromatic rings. The fraction of sp³-hybridized carbons (Fsp3) is 0.267. The number of carbonyl (C=O) groups excluding carboxylic acids is 2. The van der Waals surface area contributed by atoms with Crippen LogP contribution in [-0.2, 0) is 9.59 Å². The molecule has 2 aliphatic heterocycles. The molecule has 2 fully saturated rings. The van der Waals surface area contributed by atoms with Crippen molar-refractivity contribution in [1.29, 1.82) is 0 Å². The molecule has 2 saturated heterocycles. The van der Waals surface area contributed by atoms with E-state index in [0.29, 0.717) is 15.6 Å². The smallest absolute Gasteiger partial charge is 0.295 e. The van der Waals surface area contributed by atoms with E-state index >= 15 is 4.39 Å². The van der Waals surface area contributed by atoms with Crippen LogP contribution in [0.4, 0.5) is 4.39 Å². The number of hydrogen-bond donors (Lipinski definition) is 1. The molecule has 0 radical (unpaired) electrons. The zero-order valence-electron chi connectivity index (χ0n) is 20.6. The Hall–Kier alpha value is -3.19. The highest BCUT2D eigenvalue weighted by molar-refractivity contribution is 6.46. The first-order chi connectivity index (χ1) is 18.3. The van der Waals surface area contributed by atoms with Gasteiger partial charge in [-0.2, -0.15) is 0 Å². The molecule has 5 rings (SSSR count). The number of benzene rings is 3. The standard InChI is InChI=1S/C30H27Cl2FN2O3/c31-21-12-8-19(9-13-21)25(34-16-4-1-5-17-34)18-35-27(23-6-2-3-7-24(23)33)26(29(37)30(35)38)28(36)20-10-14-22(32)15-11-20/h2-3,6-15,25,27,36H,1,4-5,16-18H2/t25-,27+/m1/s1. The van der Waals surface area contributed by atoms with Gasteiger partial charge in [0.2, 0.25) is 0 Å². The van der Waals surface area contributed by atoms with Gasteiger partial charge >= 0.3 is 0 Å². The zero-order chi connectivity index (χ0) is 26.8. The first-order valence-electron chi connectivity index (χ1n) is 12.6. The van der Waals surface area contributed by atoms with Crippen LogP contribution < -0.4 is 0 Å². The van der Waals surface area contributed by atoms with Crippen molar-refractivity contribution >= 4 is 40.7 Å². The molecule has 2 aliphatic rings. The molecule has 0 aromatic heterocycles. The van der Waals surface area contributed by atoms with Crippen LogP contribution in [0.3, 0.4) is 0 Å².